The van der Waals surface area contributed by atoms with Gasteiger partial charge in [0, 0.05) is 31.3 Å². The predicted octanol–water partition coefficient (Wildman–Crippen LogP) is 3.34. The third-order valence-corrected chi connectivity index (χ3v) is 6.85. The Labute approximate surface area is 188 Å². The van der Waals surface area contributed by atoms with Crippen molar-refractivity contribution in [3.05, 3.63) is 90.0 Å². The van der Waals surface area contributed by atoms with E-state index in [4.69, 9.17) is 5.73 Å². The van der Waals surface area contributed by atoms with Crippen LogP contribution in [0.4, 0.5) is 11.4 Å². The second-order valence-electron chi connectivity index (χ2n) is 7.34. The number of carbonyl (C=O) groups is 2. The van der Waals surface area contributed by atoms with E-state index in [0.717, 1.165) is 5.56 Å². The number of benzene rings is 3. The summed E-state index contributed by atoms with van der Waals surface area (Å²) in [6, 6.07) is 21.9. The average molecular weight is 452 g/mol. The lowest BCUT2D eigenvalue weighted by Gasteiger charge is -2.23. The van der Waals surface area contributed by atoms with Crippen molar-refractivity contribution < 1.29 is 18.0 Å². The molecule has 3 aromatic carbocycles. The highest BCUT2D eigenvalue weighted by atomic mass is 32.2. The number of carbonyl (C=O) groups excluding carboxylic acids is 2. The van der Waals surface area contributed by atoms with Crippen LogP contribution >= 0.6 is 0 Å². The van der Waals surface area contributed by atoms with Crippen LogP contribution in [0.25, 0.3) is 0 Å². The van der Waals surface area contributed by atoms with Crippen molar-refractivity contribution in [2.75, 3.05) is 22.8 Å². The molecule has 3 rings (SSSR count). The maximum atomic E-state index is 13.1. The van der Waals surface area contributed by atoms with Crippen LogP contribution < -0.4 is 14.9 Å². The molecule has 0 atom stereocenters. The number of para-hydroxylation sites is 1. The van der Waals surface area contributed by atoms with Crippen molar-refractivity contribution in [2.24, 2.45) is 5.73 Å². The second-order valence-corrected chi connectivity index (χ2v) is 9.31. The van der Waals surface area contributed by atoms with Crippen LogP contribution in [-0.4, -0.2) is 33.8 Å². The summed E-state index contributed by atoms with van der Waals surface area (Å²) in [5, 5.41) is 0. The first-order chi connectivity index (χ1) is 15.2. The van der Waals surface area contributed by atoms with Crippen molar-refractivity contribution in [3.63, 3.8) is 0 Å². The Morgan fingerprint density at radius 1 is 0.844 bits per heavy atom. The van der Waals surface area contributed by atoms with Gasteiger partial charge in [0.2, 0.25) is 5.91 Å². The van der Waals surface area contributed by atoms with Crippen LogP contribution in [0.1, 0.15) is 22.3 Å². The quantitative estimate of drug-likeness (QED) is 0.568. The van der Waals surface area contributed by atoms with Gasteiger partial charge in [-0.25, -0.2) is 8.42 Å². The van der Waals surface area contributed by atoms with E-state index in [-0.39, 0.29) is 23.8 Å². The minimum Gasteiger partial charge on any atom is -0.370 e. The van der Waals surface area contributed by atoms with Gasteiger partial charge in [-0.2, -0.15) is 0 Å². The number of hydrogen-bond acceptors (Lipinski definition) is 4. The summed E-state index contributed by atoms with van der Waals surface area (Å²) < 4.78 is 27.0. The number of amides is 2. The first kappa shape index (κ1) is 23.0. The van der Waals surface area contributed by atoms with Crippen molar-refractivity contribution in [3.8, 4) is 0 Å². The summed E-state index contributed by atoms with van der Waals surface area (Å²) in [5.74, 6) is -0.815. The Morgan fingerprint density at radius 3 is 2.00 bits per heavy atom. The molecule has 0 heterocycles. The number of sulfonamides is 1. The van der Waals surface area contributed by atoms with Crippen molar-refractivity contribution in [2.45, 2.75) is 18.2 Å². The van der Waals surface area contributed by atoms with E-state index in [1.807, 2.05) is 13.0 Å². The van der Waals surface area contributed by atoms with Crippen molar-refractivity contribution >= 4 is 33.2 Å². The number of primary amides is 1. The lowest BCUT2D eigenvalue weighted by Crippen LogP contribution is -2.34. The van der Waals surface area contributed by atoms with E-state index in [2.05, 4.69) is 0 Å². The van der Waals surface area contributed by atoms with Crippen LogP contribution in [-0.2, 0) is 14.8 Å². The summed E-state index contributed by atoms with van der Waals surface area (Å²) in [6.07, 6.45) is 0.0241. The molecule has 0 aromatic heterocycles. The molecule has 7 nitrogen and oxygen atoms in total. The molecule has 0 bridgehead atoms. The average Bonchev–Trinajstić information content (AvgIpc) is 2.79. The summed E-state index contributed by atoms with van der Waals surface area (Å²) in [5.41, 5.74) is 7.66. The zero-order valence-corrected chi connectivity index (χ0v) is 18.7. The minimum absolute atomic E-state index is 0.0241. The van der Waals surface area contributed by atoms with Gasteiger partial charge in [-0.15, -0.1) is 0 Å². The minimum atomic E-state index is -3.73. The molecule has 0 aliphatic rings. The summed E-state index contributed by atoms with van der Waals surface area (Å²) >= 11 is 0. The number of nitrogens with two attached hydrogens (primary N) is 1. The molecule has 166 valence electrons. The van der Waals surface area contributed by atoms with Gasteiger partial charge in [0.1, 0.15) is 0 Å². The second kappa shape index (κ2) is 9.65. The SMILES string of the molecule is Cc1ccc(S(=O)(=O)N(C)c2ccc(C(=O)N(CCC(N)=O)c3ccccc3)cc2)cc1. The van der Waals surface area contributed by atoms with E-state index in [1.54, 1.807) is 72.8 Å². The monoisotopic (exact) mass is 451 g/mol. The maximum Gasteiger partial charge on any atom is 0.264 e. The fraction of sp³-hybridized carbons (Fsp3) is 0.167. The Hall–Kier alpha value is -3.65. The molecule has 0 saturated carbocycles. The van der Waals surface area contributed by atoms with E-state index in [1.165, 1.54) is 16.3 Å². The van der Waals surface area contributed by atoms with Gasteiger partial charge in [0.15, 0.2) is 0 Å². The number of hydrogen-bond donors (Lipinski definition) is 1. The van der Waals surface area contributed by atoms with Crippen LogP contribution in [0, 0.1) is 6.92 Å². The summed E-state index contributed by atoms with van der Waals surface area (Å²) in [6.45, 7) is 2.03. The van der Waals surface area contributed by atoms with Crippen LogP contribution in [0.5, 0.6) is 0 Å². The fourth-order valence-electron chi connectivity index (χ4n) is 3.15. The standard InChI is InChI=1S/C24H25N3O4S/c1-18-8-14-22(15-9-18)32(30,31)26(2)20-12-10-19(11-13-20)24(29)27(17-16-23(25)28)21-6-4-3-5-7-21/h3-15H,16-17H2,1-2H3,(H2,25,28). The molecule has 0 radical (unpaired) electrons. The first-order valence-electron chi connectivity index (χ1n) is 10.0. The Kier molecular flexibility index (Phi) is 6.95. The number of anilines is 2. The van der Waals surface area contributed by atoms with Crippen LogP contribution in [0.3, 0.4) is 0 Å². The molecular weight excluding hydrogens is 426 g/mol. The Morgan fingerprint density at radius 2 is 1.44 bits per heavy atom. The predicted molar refractivity (Wildman–Crippen MR) is 125 cm³/mol. The van der Waals surface area contributed by atoms with Crippen molar-refractivity contribution in [1.82, 2.24) is 0 Å². The molecule has 2 N–H and O–H groups in total. The van der Waals surface area contributed by atoms with Gasteiger partial charge in [-0.1, -0.05) is 35.9 Å². The molecular formula is C24H25N3O4S. The van der Waals surface area contributed by atoms with E-state index in [9.17, 15) is 18.0 Å². The zero-order chi connectivity index (χ0) is 23.3. The fourth-order valence-corrected chi connectivity index (χ4v) is 4.35. The number of nitrogens with zero attached hydrogens (tertiary/aromatic N) is 2. The van der Waals surface area contributed by atoms with Gasteiger partial charge < -0.3 is 10.6 Å². The van der Waals surface area contributed by atoms with E-state index >= 15 is 0 Å². The number of aryl methyl sites for hydroxylation is 1. The molecule has 8 heteroatoms. The topological polar surface area (TPSA) is 101 Å². The van der Waals surface area contributed by atoms with Gasteiger partial charge in [0.05, 0.1) is 10.6 Å². The van der Waals surface area contributed by atoms with Crippen molar-refractivity contribution in [1.29, 1.82) is 0 Å². The van der Waals surface area contributed by atoms with Gasteiger partial charge in [-0.05, 0) is 55.5 Å². The Balaban J connectivity index is 1.85. The largest absolute Gasteiger partial charge is 0.370 e. The van der Waals surface area contributed by atoms with E-state index < -0.39 is 15.9 Å². The van der Waals surface area contributed by atoms with Crippen LogP contribution in [0.2, 0.25) is 0 Å². The molecule has 3 aromatic rings. The smallest absolute Gasteiger partial charge is 0.264 e. The summed E-state index contributed by atoms with van der Waals surface area (Å²) in [7, 11) is -2.27. The third kappa shape index (κ3) is 5.15. The summed E-state index contributed by atoms with van der Waals surface area (Å²) in [4.78, 5) is 26.1. The molecule has 32 heavy (non-hydrogen) atoms. The molecule has 0 fully saturated rings. The molecule has 0 unspecified atom stereocenters. The van der Waals surface area contributed by atoms with E-state index in [0.29, 0.717) is 16.9 Å². The van der Waals surface area contributed by atoms with Crippen LogP contribution in [0.15, 0.2) is 83.8 Å². The lowest BCUT2D eigenvalue weighted by molar-refractivity contribution is -0.117. The van der Waals surface area contributed by atoms with Gasteiger partial charge >= 0.3 is 0 Å². The van der Waals surface area contributed by atoms with Gasteiger partial charge in [-0.3, -0.25) is 13.9 Å². The molecule has 0 aliphatic heterocycles. The molecule has 2 amide bonds. The highest BCUT2D eigenvalue weighted by molar-refractivity contribution is 7.92. The maximum absolute atomic E-state index is 13.1. The molecule has 0 aliphatic carbocycles. The highest BCUT2D eigenvalue weighted by Gasteiger charge is 2.22. The third-order valence-electron chi connectivity index (χ3n) is 5.05. The normalized spacial score (nSPS) is 11.1. The lowest BCUT2D eigenvalue weighted by atomic mass is 10.1. The Bertz CT molecular complexity index is 1190. The highest BCUT2D eigenvalue weighted by Crippen LogP contribution is 2.24. The first-order valence-corrected chi connectivity index (χ1v) is 11.4. The molecule has 0 spiro atoms. The number of rotatable bonds is 8. The molecule has 0 saturated heterocycles. The van der Waals surface area contributed by atoms with Gasteiger partial charge in [0.25, 0.3) is 15.9 Å². The zero-order valence-electron chi connectivity index (χ0n) is 17.9.